The molecular formula is C26H33IN2O2S. The quantitative estimate of drug-likeness (QED) is 0.231. The van der Waals surface area contributed by atoms with E-state index < -0.39 is 10.8 Å². The molecule has 0 aromatic heterocycles. The molecule has 0 spiro atoms. The van der Waals surface area contributed by atoms with Crippen molar-refractivity contribution in [3.05, 3.63) is 34.9 Å². The van der Waals surface area contributed by atoms with Gasteiger partial charge in [0.2, 0.25) is 0 Å². The number of nitriles is 2. The van der Waals surface area contributed by atoms with Gasteiger partial charge in [0.1, 0.15) is 12.1 Å². The van der Waals surface area contributed by atoms with E-state index >= 15 is 0 Å². The molecule has 6 heteroatoms. The molecule has 4 unspecified atom stereocenters. The number of ketones is 2. The Morgan fingerprint density at radius 1 is 1.03 bits per heavy atom. The van der Waals surface area contributed by atoms with Crippen molar-refractivity contribution >= 4 is 41.7 Å². The van der Waals surface area contributed by atoms with Crippen molar-refractivity contribution < 1.29 is 9.59 Å². The molecule has 0 aromatic carbocycles. The molecule has 4 atom stereocenters. The molecule has 32 heavy (non-hydrogen) atoms. The molecule has 3 aliphatic rings. The number of fused-ring (bicyclic) bond motifs is 3. The Morgan fingerprint density at radius 2 is 1.59 bits per heavy atom. The van der Waals surface area contributed by atoms with Gasteiger partial charge in [0.05, 0.1) is 16.6 Å². The highest BCUT2D eigenvalue weighted by atomic mass is 127. The van der Waals surface area contributed by atoms with Crippen molar-refractivity contribution in [2.75, 3.05) is 0 Å². The summed E-state index contributed by atoms with van der Waals surface area (Å²) in [6.07, 6.45) is 6.31. The monoisotopic (exact) mass is 564 g/mol. The molecule has 0 heterocycles. The first-order chi connectivity index (χ1) is 15.3. The molecule has 1 saturated carbocycles. The Labute approximate surface area is 210 Å². The van der Waals surface area contributed by atoms with Gasteiger partial charge in [-0.05, 0) is 50.7 Å². The number of Topliss-reactive ketones (excluding diaryl/α,β-unsaturated/α-hetero) is 1. The van der Waals surface area contributed by atoms with E-state index in [1.54, 1.807) is 12.2 Å². The van der Waals surface area contributed by atoms with Crippen LogP contribution in [0.2, 0.25) is 0 Å². The van der Waals surface area contributed by atoms with Crippen LogP contribution in [0, 0.1) is 56.5 Å². The molecule has 3 rings (SSSR count). The summed E-state index contributed by atoms with van der Waals surface area (Å²) in [5, 5.41) is 21.7. The average Bonchev–Trinajstić information content (AvgIpc) is 2.84. The Bertz CT molecular complexity index is 955. The second-order valence-corrected chi connectivity index (χ2v) is 8.80. The summed E-state index contributed by atoms with van der Waals surface area (Å²) in [5.41, 5.74) is -0.275. The van der Waals surface area contributed by atoms with Gasteiger partial charge in [-0.2, -0.15) is 10.5 Å². The highest BCUT2D eigenvalue weighted by Gasteiger charge is 2.56. The molecule has 0 saturated heterocycles. The summed E-state index contributed by atoms with van der Waals surface area (Å²) in [4.78, 5) is 24.9. The zero-order chi connectivity index (χ0) is 25.1. The van der Waals surface area contributed by atoms with Crippen LogP contribution in [-0.2, 0) is 9.59 Å². The standard InChI is InChI=1S/C20H15IN2O2S.3C2H6/c1-12-15-3-4-20(5-6-26-21)9-13(10-22)16(24)7-17(20)19(15,2)8-14(11-23)18(12)25;3*1-2/h7-9,12,15H,3-4H2,1-2H3;3*1-2H3. The maximum Gasteiger partial charge on any atom is 0.196 e. The molecule has 4 nitrogen and oxygen atoms in total. The van der Waals surface area contributed by atoms with Crippen LogP contribution in [0.25, 0.3) is 0 Å². The largest absolute Gasteiger partial charge is 0.293 e. The van der Waals surface area contributed by atoms with Crippen LogP contribution in [0.5, 0.6) is 0 Å². The predicted octanol–water partition coefficient (Wildman–Crippen LogP) is 7.14. The molecule has 0 N–H and O–H groups in total. The predicted molar refractivity (Wildman–Crippen MR) is 141 cm³/mol. The summed E-state index contributed by atoms with van der Waals surface area (Å²) >= 11 is 2.09. The van der Waals surface area contributed by atoms with E-state index in [1.165, 1.54) is 15.0 Å². The maximum atomic E-state index is 12.5. The van der Waals surface area contributed by atoms with Crippen molar-refractivity contribution in [1.82, 2.24) is 0 Å². The molecule has 0 radical (unpaired) electrons. The van der Waals surface area contributed by atoms with Gasteiger partial charge in [-0.3, -0.25) is 9.59 Å². The van der Waals surface area contributed by atoms with Crippen molar-refractivity contribution in [1.29, 1.82) is 10.5 Å². The van der Waals surface area contributed by atoms with Crippen LogP contribution in [0.3, 0.4) is 0 Å². The van der Waals surface area contributed by atoms with Crippen LogP contribution in [0.1, 0.15) is 68.2 Å². The maximum absolute atomic E-state index is 12.5. The Morgan fingerprint density at radius 3 is 2.09 bits per heavy atom. The van der Waals surface area contributed by atoms with Gasteiger partial charge in [-0.1, -0.05) is 67.4 Å². The van der Waals surface area contributed by atoms with Crippen LogP contribution in [-0.4, -0.2) is 11.6 Å². The first-order valence-corrected chi connectivity index (χ1v) is 14.6. The van der Waals surface area contributed by atoms with Gasteiger partial charge in [0, 0.05) is 32.5 Å². The van der Waals surface area contributed by atoms with E-state index in [1.807, 2.05) is 67.5 Å². The molecular weight excluding hydrogens is 531 g/mol. The third-order valence-electron chi connectivity index (χ3n) is 5.89. The summed E-state index contributed by atoms with van der Waals surface area (Å²) in [6, 6.07) is 3.99. The summed E-state index contributed by atoms with van der Waals surface area (Å²) in [7, 11) is 1.35. The third kappa shape index (κ3) is 5.56. The van der Waals surface area contributed by atoms with Gasteiger partial charge < -0.3 is 0 Å². The van der Waals surface area contributed by atoms with E-state index in [0.29, 0.717) is 6.42 Å². The fraction of sp³-hybridized carbons (Fsp3) is 0.538. The number of hydrogen-bond donors (Lipinski definition) is 0. The zero-order valence-corrected chi connectivity index (χ0v) is 23.3. The van der Waals surface area contributed by atoms with Gasteiger partial charge in [0.25, 0.3) is 0 Å². The first kappa shape index (κ1) is 30.2. The van der Waals surface area contributed by atoms with Crippen molar-refractivity contribution in [3.63, 3.8) is 0 Å². The molecule has 3 aliphatic carbocycles. The van der Waals surface area contributed by atoms with Gasteiger partial charge in [-0.15, -0.1) is 0 Å². The number of rotatable bonds is 0. The molecule has 1 fully saturated rings. The van der Waals surface area contributed by atoms with Gasteiger partial charge in [0.15, 0.2) is 11.6 Å². The number of allylic oxidation sites excluding steroid dienone is 6. The van der Waals surface area contributed by atoms with E-state index in [9.17, 15) is 20.1 Å². The minimum Gasteiger partial charge on any atom is -0.293 e. The summed E-state index contributed by atoms with van der Waals surface area (Å²) < 4.78 is 0. The average molecular weight is 565 g/mol. The van der Waals surface area contributed by atoms with E-state index in [-0.39, 0.29) is 34.5 Å². The number of carbonyl (C=O) groups is 2. The summed E-state index contributed by atoms with van der Waals surface area (Å²) in [6.45, 7) is 15.8. The Hall–Kier alpha value is -1.82. The van der Waals surface area contributed by atoms with E-state index in [4.69, 9.17) is 0 Å². The lowest BCUT2D eigenvalue weighted by atomic mass is 9.48. The van der Waals surface area contributed by atoms with Crippen LogP contribution in [0.15, 0.2) is 34.9 Å². The number of carbonyl (C=O) groups excluding carboxylic acids is 2. The minimum absolute atomic E-state index is 0.00497. The number of hydrogen-bond acceptors (Lipinski definition) is 5. The number of nitrogens with zero attached hydrogens (tertiary/aromatic N) is 2. The molecule has 0 bridgehead atoms. The van der Waals surface area contributed by atoms with Gasteiger partial charge in [-0.25, -0.2) is 0 Å². The topological polar surface area (TPSA) is 81.7 Å². The lowest BCUT2D eigenvalue weighted by Crippen LogP contribution is -2.49. The minimum atomic E-state index is -0.709. The Balaban J connectivity index is 0.00000148. The van der Waals surface area contributed by atoms with Crippen LogP contribution >= 0.6 is 30.1 Å². The lowest BCUT2D eigenvalue weighted by Gasteiger charge is -2.53. The number of halogens is 1. The smallest absolute Gasteiger partial charge is 0.196 e. The normalized spacial score (nSPS) is 29.3. The zero-order valence-electron chi connectivity index (χ0n) is 20.3. The van der Waals surface area contributed by atoms with Crippen LogP contribution in [0.4, 0.5) is 0 Å². The Kier molecular flexibility index (Phi) is 12.9. The van der Waals surface area contributed by atoms with E-state index in [0.717, 1.165) is 12.0 Å². The SMILES string of the molecule is CC.CC.CC.CC1C(=O)C(C#N)=CC2(C)C3=CC(=O)C(C#N)=CC3(C#CSI)CCC12. The second kappa shape index (κ2) is 13.7. The third-order valence-corrected chi connectivity index (χ3v) is 6.73. The fourth-order valence-electron chi connectivity index (χ4n) is 4.66. The molecule has 172 valence electrons. The lowest BCUT2D eigenvalue weighted by molar-refractivity contribution is -0.122. The highest BCUT2D eigenvalue weighted by Crippen LogP contribution is 2.60. The first-order valence-electron chi connectivity index (χ1n) is 11.2. The second-order valence-electron chi connectivity index (χ2n) is 7.12. The fourth-order valence-corrected chi connectivity index (χ4v) is 5.21. The van der Waals surface area contributed by atoms with Crippen molar-refractivity contribution in [3.8, 4) is 23.3 Å². The van der Waals surface area contributed by atoms with Crippen molar-refractivity contribution in [2.45, 2.75) is 68.2 Å². The molecule has 0 aliphatic heterocycles. The summed E-state index contributed by atoms with van der Waals surface area (Å²) in [5.74, 6) is 2.50. The van der Waals surface area contributed by atoms with E-state index in [2.05, 4.69) is 32.4 Å². The molecule has 0 aromatic rings. The van der Waals surface area contributed by atoms with Crippen LogP contribution < -0.4 is 0 Å². The highest BCUT2D eigenvalue weighted by molar-refractivity contribution is 14.2. The van der Waals surface area contributed by atoms with Gasteiger partial charge >= 0.3 is 0 Å². The molecule has 0 amide bonds. The van der Waals surface area contributed by atoms with Crippen molar-refractivity contribution in [2.24, 2.45) is 22.7 Å².